The molecule has 1 atom stereocenters. The molecule has 1 aliphatic heterocycles. The number of thiazole rings is 2. The number of anilines is 2. The van der Waals surface area contributed by atoms with Crippen LogP contribution in [0.1, 0.15) is 18.4 Å². The Morgan fingerprint density at radius 3 is 2.87 bits per heavy atom. The number of nitrogens with one attached hydrogen (secondary N) is 1. The van der Waals surface area contributed by atoms with Gasteiger partial charge in [0.05, 0.1) is 38.0 Å². The summed E-state index contributed by atoms with van der Waals surface area (Å²) in [5.41, 5.74) is 2.46. The first-order chi connectivity index (χ1) is 15.0. The van der Waals surface area contributed by atoms with Crippen molar-refractivity contribution < 1.29 is 14.3 Å². The van der Waals surface area contributed by atoms with Crippen LogP contribution in [-0.2, 0) is 9.59 Å². The molecule has 31 heavy (non-hydrogen) atoms. The van der Waals surface area contributed by atoms with Crippen molar-refractivity contribution in [1.82, 2.24) is 9.97 Å². The Labute approximate surface area is 186 Å². The first-order valence-corrected chi connectivity index (χ1v) is 11.7. The maximum atomic E-state index is 12.8. The fourth-order valence-corrected chi connectivity index (χ4v) is 5.46. The summed E-state index contributed by atoms with van der Waals surface area (Å²) in [6.45, 7) is 4.84. The molecule has 2 amide bonds. The van der Waals surface area contributed by atoms with Crippen LogP contribution in [0.4, 0.5) is 10.8 Å². The van der Waals surface area contributed by atoms with Crippen LogP contribution in [0.25, 0.3) is 20.4 Å². The van der Waals surface area contributed by atoms with Crippen LogP contribution in [0, 0.1) is 12.8 Å². The number of aryl methyl sites for hydroxylation is 1. The lowest BCUT2D eigenvalue weighted by molar-refractivity contribution is -0.122. The second-order valence-electron chi connectivity index (χ2n) is 7.36. The average Bonchev–Trinajstić information content (AvgIpc) is 3.42. The Morgan fingerprint density at radius 2 is 2.03 bits per heavy atom. The van der Waals surface area contributed by atoms with Crippen LogP contribution < -0.4 is 15.0 Å². The molecule has 9 heteroatoms. The number of fused-ring (bicyclic) bond motifs is 2. The van der Waals surface area contributed by atoms with Crippen molar-refractivity contribution in [3.63, 3.8) is 0 Å². The van der Waals surface area contributed by atoms with E-state index in [4.69, 9.17) is 4.74 Å². The van der Waals surface area contributed by atoms with Crippen LogP contribution in [0.5, 0.6) is 5.75 Å². The number of aromatic nitrogens is 2. The topological polar surface area (TPSA) is 84.4 Å². The second kappa shape index (κ2) is 7.90. The van der Waals surface area contributed by atoms with Crippen molar-refractivity contribution in [2.45, 2.75) is 20.3 Å². The van der Waals surface area contributed by atoms with Crippen molar-refractivity contribution in [3.8, 4) is 5.75 Å². The van der Waals surface area contributed by atoms with Gasteiger partial charge in [0, 0.05) is 18.7 Å². The van der Waals surface area contributed by atoms with E-state index in [2.05, 4.69) is 15.3 Å². The molecule has 7 nitrogen and oxygen atoms in total. The summed E-state index contributed by atoms with van der Waals surface area (Å²) in [6, 6.07) is 11.5. The number of hydrogen-bond donors (Lipinski definition) is 1. The highest BCUT2D eigenvalue weighted by molar-refractivity contribution is 7.22. The maximum Gasteiger partial charge on any atom is 0.231 e. The van der Waals surface area contributed by atoms with Crippen LogP contribution in [-0.4, -0.2) is 34.9 Å². The Balaban J connectivity index is 1.30. The standard InChI is InChI=1S/C22H20N4O3S2/c1-3-29-15-5-6-16-19(10-15)31-22(24-16)25-21(28)13-8-20(27)26(11-13)14-4-7-18-17(9-14)23-12(2)30-18/h4-7,9-10,13H,3,8,11H2,1-2H3,(H,24,25,28). The molecule has 4 aromatic rings. The summed E-state index contributed by atoms with van der Waals surface area (Å²) in [5.74, 6) is 0.106. The summed E-state index contributed by atoms with van der Waals surface area (Å²) in [4.78, 5) is 36.1. The third-order valence-electron chi connectivity index (χ3n) is 5.19. The predicted molar refractivity (Wildman–Crippen MR) is 124 cm³/mol. The van der Waals surface area contributed by atoms with Gasteiger partial charge in [0.1, 0.15) is 5.75 Å². The molecule has 0 radical (unpaired) electrons. The highest BCUT2D eigenvalue weighted by Crippen LogP contribution is 2.32. The molecule has 1 saturated heterocycles. The van der Waals surface area contributed by atoms with Gasteiger partial charge in [-0.3, -0.25) is 9.59 Å². The Bertz CT molecular complexity index is 1310. The number of hydrogen-bond acceptors (Lipinski definition) is 7. The molecule has 158 valence electrons. The third kappa shape index (κ3) is 3.86. The smallest absolute Gasteiger partial charge is 0.231 e. The molecule has 2 aromatic carbocycles. The lowest BCUT2D eigenvalue weighted by Gasteiger charge is -2.16. The number of ether oxygens (including phenoxy) is 1. The number of amides is 2. The fraction of sp³-hybridized carbons (Fsp3) is 0.273. The SMILES string of the molecule is CCOc1ccc2nc(NC(=O)C3CC(=O)N(c4ccc5sc(C)nc5c4)C3)sc2c1. The molecule has 1 N–H and O–H groups in total. The largest absolute Gasteiger partial charge is 0.494 e. The number of rotatable bonds is 5. The van der Waals surface area contributed by atoms with E-state index in [1.807, 2.05) is 50.2 Å². The zero-order valence-electron chi connectivity index (χ0n) is 17.0. The van der Waals surface area contributed by atoms with E-state index in [-0.39, 0.29) is 18.2 Å². The van der Waals surface area contributed by atoms with E-state index in [1.165, 1.54) is 11.3 Å². The fourth-order valence-electron chi connectivity index (χ4n) is 3.75. The maximum absolute atomic E-state index is 12.8. The van der Waals surface area contributed by atoms with E-state index in [0.717, 1.165) is 36.9 Å². The minimum absolute atomic E-state index is 0.0582. The number of nitrogens with zero attached hydrogens (tertiary/aromatic N) is 3. The van der Waals surface area contributed by atoms with Gasteiger partial charge in [-0.05, 0) is 50.2 Å². The predicted octanol–water partition coefficient (Wildman–Crippen LogP) is 4.60. The van der Waals surface area contributed by atoms with Gasteiger partial charge < -0.3 is 15.0 Å². The number of carbonyl (C=O) groups excluding carboxylic acids is 2. The van der Waals surface area contributed by atoms with Crippen molar-refractivity contribution in [2.75, 3.05) is 23.4 Å². The molecule has 1 aliphatic rings. The summed E-state index contributed by atoms with van der Waals surface area (Å²) < 4.78 is 7.55. The van der Waals surface area contributed by atoms with E-state index >= 15 is 0 Å². The Hall–Kier alpha value is -3.04. The minimum atomic E-state index is -0.425. The molecular weight excluding hydrogens is 432 g/mol. The Morgan fingerprint density at radius 1 is 1.16 bits per heavy atom. The summed E-state index contributed by atoms with van der Waals surface area (Å²) in [5, 5.41) is 4.40. The number of benzene rings is 2. The zero-order valence-corrected chi connectivity index (χ0v) is 18.7. The molecule has 0 bridgehead atoms. The molecule has 0 aliphatic carbocycles. The van der Waals surface area contributed by atoms with Gasteiger partial charge in [0.25, 0.3) is 0 Å². The van der Waals surface area contributed by atoms with E-state index in [9.17, 15) is 9.59 Å². The van der Waals surface area contributed by atoms with Crippen LogP contribution in [0.2, 0.25) is 0 Å². The van der Waals surface area contributed by atoms with E-state index < -0.39 is 5.92 Å². The molecule has 5 rings (SSSR count). The van der Waals surface area contributed by atoms with Crippen molar-refractivity contribution in [2.24, 2.45) is 5.92 Å². The van der Waals surface area contributed by atoms with Gasteiger partial charge >= 0.3 is 0 Å². The van der Waals surface area contributed by atoms with Gasteiger partial charge in [-0.15, -0.1) is 11.3 Å². The van der Waals surface area contributed by atoms with Crippen LogP contribution in [0.3, 0.4) is 0 Å². The lowest BCUT2D eigenvalue weighted by Crippen LogP contribution is -2.28. The van der Waals surface area contributed by atoms with Crippen molar-refractivity contribution in [1.29, 1.82) is 0 Å². The van der Waals surface area contributed by atoms with Crippen LogP contribution >= 0.6 is 22.7 Å². The third-order valence-corrected chi connectivity index (χ3v) is 7.07. The first kappa shape index (κ1) is 19.9. The summed E-state index contributed by atoms with van der Waals surface area (Å²) in [6.07, 6.45) is 0.180. The minimum Gasteiger partial charge on any atom is -0.494 e. The molecule has 0 saturated carbocycles. The molecule has 1 fully saturated rings. The second-order valence-corrected chi connectivity index (χ2v) is 9.63. The monoisotopic (exact) mass is 452 g/mol. The number of carbonyl (C=O) groups is 2. The van der Waals surface area contributed by atoms with Crippen molar-refractivity contribution >= 4 is 65.7 Å². The van der Waals surface area contributed by atoms with E-state index in [0.29, 0.717) is 18.3 Å². The van der Waals surface area contributed by atoms with Crippen molar-refractivity contribution in [3.05, 3.63) is 41.4 Å². The summed E-state index contributed by atoms with van der Waals surface area (Å²) >= 11 is 3.02. The molecule has 1 unspecified atom stereocenters. The quantitative estimate of drug-likeness (QED) is 0.478. The van der Waals surface area contributed by atoms with E-state index in [1.54, 1.807) is 16.2 Å². The van der Waals surface area contributed by atoms with Gasteiger partial charge in [-0.2, -0.15) is 0 Å². The summed E-state index contributed by atoms with van der Waals surface area (Å²) in [7, 11) is 0. The molecule has 3 heterocycles. The Kier molecular flexibility index (Phi) is 5.07. The first-order valence-electron chi connectivity index (χ1n) is 10.0. The highest BCUT2D eigenvalue weighted by atomic mass is 32.1. The zero-order chi connectivity index (χ0) is 21.5. The molecular formula is C22H20N4O3S2. The van der Waals surface area contributed by atoms with Crippen LogP contribution in [0.15, 0.2) is 36.4 Å². The average molecular weight is 453 g/mol. The molecule has 0 spiro atoms. The molecule has 2 aromatic heterocycles. The lowest BCUT2D eigenvalue weighted by atomic mass is 10.1. The van der Waals surface area contributed by atoms with Gasteiger partial charge in [-0.1, -0.05) is 11.3 Å². The highest BCUT2D eigenvalue weighted by Gasteiger charge is 2.35. The van der Waals surface area contributed by atoms with Gasteiger partial charge in [0.15, 0.2) is 5.13 Å². The normalized spacial score (nSPS) is 16.4. The van der Waals surface area contributed by atoms with Gasteiger partial charge in [0.2, 0.25) is 11.8 Å². The van der Waals surface area contributed by atoms with Gasteiger partial charge in [-0.25, -0.2) is 9.97 Å².